The van der Waals surface area contributed by atoms with E-state index in [1.165, 1.54) is 0 Å². The van der Waals surface area contributed by atoms with E-state index in [2.05, 4.69) is 0 Å². The molecule has 0 N–H and O–H groups in total. The molecular formula is C18H25FO8. The Morgan fingerprint density at radius 1 is 1.00 bits per heavy atom. The van der Waals surface area contributed by atoms with Crippen molar-refractivity contribution in [3.8, 4) is 0 Å². The van der Waals surface area contributed by atoms with Gasteiger partial charge in [-0.1, -0.05) is 0 Å². The Hall–Kier alpha value is -1.26. The molecule has 4 aliphatic rings. The second kappa shape index (κ2) is 5.87. The molecule has 3 saturated heterocycles. The van der Waals surface area contributed by atoms with Crippen LogP contribution in [0.5, 0.6) is 0 Å². The quantitative estimate of drug-likeness (QED) is 0.679. The lowest BCUT2D eigenvalue weighted by Gasteiger charge is -2.31. The van der Waals surface area contributed by atoms with Crippen LogP contribution in [0.4, 0.5) is 4.39 Å². The second-order valence-corrected chi connectivity index (χ2v) is 8.56. The van der Waals surface area contributed by atoms with E-state index in [1.54, 1.807) is 41.5 Å². The first-order valence-electron chi connectivity index (χ1n) is 9.02. The van der Waals surface area contributed by atoms with Crippen LogP contribution in [0.15, 0.2) is 11.6 Å². The van der Waals surface area contributed by atoms with Gasteiger partial charge in [-0.05, 0) is 41.5 Å². The molecule has 0 unspecified atom stereocenters. The molecule has 4 rings (SSSR count). The number of halogens is 1. The van der Waals surface area contributed by atoms with Crippen LogP contribution in [-0.4, -0.2) is 60.5 Å². The van der Waals surface area contributed by atoms with Crippen LogP contribution in [0.2, 0.25) is 0 Å². The van der Waals surface area contributed by atoms with Crippen molar-refractivity contribution in [3.05, 3.63) is 11.6 Å². The summed E-state index contributed by atoms with van der Waals surface area (Å²) in [6.45, 7) is 10.5. The summed E-state index contributed by atoms with van der Waals surface area (Å²) in [5, 5.41) is 0. The van der Waals surface area contributed by atoms with Crippen molar-refractivity contribution in [2.24, 2.45) is 0 Å². The summed E-state index contributed by atoms with van der Waals surface area (Å²) in [6.07, 6.45) is -3.19. The van der Waals surface area contributed by atoms with Crippen LogP contribution in [0.1, 0.15) is 41.5 Å². The Labute approximate surface area is 156 Å². The molecule has 4 heterocycles. The predicted molar refractivity (Wildman–Crippen MR) is 86.8 cm³/mol. The van der Waals surface area contributed by atoms with Gasteiger partial charge < -0.3 is 33.2 Å². The smallest absolute Gasteiger partial charge is 0.371 e. The number of ether oxygens (including phenoxy) is 7. The fraction of sp³-hybridized carbons (Fsp3) is 0.833. The average molecular weight is 388 g/mol. The lowest BCUT2D eigenvalue weighted by molar-refractivity contribution is -0.234. The molecule has 0 saturated carbocycles. The molecule has 4 aliphatic heterocycles. The van der Waals surface area contributed by atoms with Gasteiger partial charge in [0.2, 0.25) is 5.83 Å². The van der Waals surface area contributed by atoms with Gasteiger partial charge in [-0.25, -0.2) is 4.79 Å². The molecule has 0 aromatic carbocycles. The van der Waals surface area contributed by atoms with Gasteiger partial charge in [-0.15, -0.1) is 0 Å². The number of carbonyl (C=O) groups is 1. The standard InChI is InChI=1S/C18H25FO8/c1-16(2)13(9(19)14(20)26-16)22-11-10(8-7-21-17(3,4)24-8)23-15-12(11)25-18(5,6)27-15/h8,10-12,15H,7H2,1-6H3/t8-,10+,11-,12+,15+/m0/s1. The van der Waals surface area contributed by atoms with Crippen molar-refractivity contribution in [1.29, 1.82) is 0 Å². The molecule has 5 atom stereocenters. The van der Waals surface area contributed by atoms with E-state index in [0.29, 0.717) is 0 Å². The minimum absolute atomic E-state index is 0.182. The third kappa shape index (κ3) is 3.25. The maximum Gasteiger partial charge on any atom is 0.371 e. The molecular weight excluding hydrogens is 363 g/mol. The molecule has 27 heavy (non-hydrogen) atoms. The largest absolute Gasteiger partial charge is 0.481 e. The molecule has 8 nitrogen and oxygen atoms in total. The zero-order valence-corrected chi connectivity index (χ0v) is 16.2. The third-order valence-corrected chi connectivity index (χ3v) is 4.95. The molecule has 0 radical (unpaired) electrons. The van der Waals surface area contributed by atoms with Crippen molar-refractivity contribution < 1.29 is 42.3 Å². The zero-order valence-electron chi connectivity index (χ0n) is 16.2. The molecule has 0 aromatic heterocycles. The number of hydrogen-bond donors (Lipinski definition) is 0. The maximum atomic E-state index is 14.4. The van der Waals surface area contributed by atoms with E-state index in [-0.39, 0.29) is 12.4 Å². The van der Waals surface area contributed by atoms with Crippen molar-refractivity contribution in [2.45, 2.75) is 89.4 Å². The molecule has 0 aromatic rings. The molecule has 3 fully saturated rings. The lowest BCUT2D eigenvalue weighted by atomic mass is 10.0. The van der Waals surface area contributed by atoms with Gasteiger partial charge in [0.05, 0.1) is 6.61 Å². The lowest BCUT2D eigenvalue weighted by Crippen LogP contribution is -2.45. The highest BCUT2D eigenvalue weighted by Gasteiger charge is 2.61. The predicted octanol–water partition coefficient (Wildman–Crippen LogP) is 1.92. The van der Waals surface area contributed by atoms with E-state index in [0.717, 1.165) is 0 Å². The van der Waals surface area contributed by atoms with Crippen molar-refractivity contribution in [3.63, 3.8) is 0 Å². The summed E-state index contributed by atoms with van der Waals surface area (Å²) >= 11 is 0. The fourth-order valence-corrected chi connectivity index (χ4v) is 3.82. The van der Waals surface area contributed by atoms with Crippen LogP contribution < -0.4 is 0 Å². The van der Waals surface area contributed by atoms with Gasteiger partial charge >= 0.3 is 5.97 Å². The zero-order chi connectivity index (χ0) is 19.8. The number of cyclic esters (lactones) is 1. The van der Waals surface area contributed by atoms with Crippen molar-refractivity contribution >= 4 is 5.97 Å². The van der Waals surface area contributed by atoms with Crippen LogP contribution in [0.25, 0.3) is 0 Å². The van der Waals surface area contributed by atoms with Gasteiger partial charge in [-0.2, -0.15) is 4.39 Å². The van der Waals surface area contributed by atoms with Gasteiger partial charge in [0.15, 0.2) is 41.4 Å². The van der Waals surface area contributed by atoms with E-state index >= 15 is 0 Å². The first-order valence-corrected chi connectivity index (χ1v) is 9.02. The summed E-state index contributed by atoms with van der Waals surface area (Å²) in [5.74, 6) is -3.93. The summed E-state index contributed by atoms with van der Waals surface area (Å²) in [6, 6.07) is 0. The normalized spacial score (nSPS) is 41.7. The summed E-state index contributed by atoms with van der Waals surface area (Å²) in [4.78, 5) is 11.7. The number of fused-ring (bicyclic) bond motifs is 1. The fourth-order valence-electron chi connectivity index (χ4n) is 3.82. The molecule has 0 aliphatic carbocycles. The summed E-state index contributed by atoms with van der Waals surface area (Å²) in [7, 11) is 0. The van der Waals surface area contributed by atoms with E-state index in [1.807, 2.05) is 0 Å². The summed E-state index contributed by atoms with van der Waals surface area (Å²) < 4.78 is 54.6. The van der Waals surface area contributed by atoms with Gasteiger partial charge in [0.1, 0.15) is 12.2 Å². The van der Waals surface area contributed by atoms with E-state index in [4.69, 9.17) is 33.2 Å². The molecule has 0 amide bonds. The van der Waals surface area contributed by atoms with Crippen molar-refractivity contribution in [1.82, 2.24) is 0 Å². The van der Waals surface area contributed by atoms with Crippen LogP contribution in [0, 0.1) is 0 Å². The molecule has 9 heteroatoms. The molecule has 0 bridgehead atoms. The van der Waals surface area contributed by atoms with Gasteiger partial charge in [-0.3, -0.25) is 0 Å². The Morgan fingerprint density at radius 3 is 2.26 bits per heavy atom. The first kappa shape index (κ1) is 19.1. The average Bonchev–Trinajstić information content (AvgIpc) is 3.16. The Bertz CT molecular complexity index is 685. The first-order chi connectivity index (χ1) is 12.4. The summed E-state index contributed by atoms with van der Waals surface area (Å²) in [5.41, 5.74) is -1.23. The van der Waals surface area contributed by atoms with E-state index in [9.17, 15) is 9.18 Å². The van der Waals surface area contributed by atoms with Crippen LogP contribution in [0.3, 0.4) is 0 Å². The number of esters is 1. The van der Waals surface area contributed by atoms with Gasteiger partial charge in [0, 0.05) is 0 Å². The van der Waals surface area contributed by atoms with Gasteiger partial charge in [0.25, 0.3) is 0 Å². The highest BCUT2D eigenvalue weighted by atomic mass is 19.1. The Balaban J connectivity index is 1.62. The highest BCUT2D eigenvalue weighted by molar-refractivity contribution is 5.90. The van der Waals surface area contributed by atoms with Crippen LogP contribution >= 0.6 is 0 Å². The second-order valence-electron chi connectivity index (χ2n) is 8.56. The Morgan fingerprint density at radius 2 is 1.70 bits per heavy atom. The van der Waals surface area contributed by atoms with Crippen LogP contribution in [-0.2, 0) is 38.0 Å². The molecule has 0 spiro atoms. The highest BCUT2D eigenvalue weighted by Crippen LogP contribution is 2.44. The topological polar surface area (TPSA) is 81.7 Å². The Kier molecular flexibility index (Phi) is 4.15. The SMILES string of the molecule is CC1(C)O[C@H]2O[C@H]([C@@H]3COC(C)(C)O3)[C@H](OC3=C(F)C(=O)OC3(C)C)[C@H]2O1. The van der Waals surface area contributed by atoms with E-state index < -0.39 is 59.7 Å². The monoisotopic (exact) mass is 388 g/mol. The third-order valence-electron chi connectivity index (χ3n) is 4.95. The van der Waals surface area contributed by atoms with Crippen molar-refractivity contribution in [2.75, 3.05) is 6.61 Å². The minimum Gasteiger partial charge on any atom is -0.481 e. The number of rotatable bonds is 3. The maximum absolute atomic E-state index is 14.4. The number of carbonyl (C=O) groups excluding carboxylic acids is 1. The number of hydrogen-bond acceptors (Lipinski definition) is 8. The molecule has 152 valence electrons. The minimum atomic E-state index is -1.23.